The number of aldehydes is 1. The van der Waals surface area contributed by atoms with Gasteiger partial charge in [0.05, 0.1) is 10.6 Å². The Morgan fingerprint density at radius 2 is 1.40 bits per heavy atom. The van der Waals surface area contributed by atoms with E-state index < -0.39 is 45.8 Å². The summed E-state index contributed by atoms with van der Waals surface area (Å²) in [6.07, 6.45) is 1.92. The van der Waals surface area contributed by atoms with E-state index in [-0.39, 0.29) is 11.3 Å². The lowest BCUT2D eigenvalue weighted by atomic mass is 10.0. The predicted molar refractivity (Wildman–Crippen MR) is 59.9 cm³/mol. The predicted octanol–water partition coefficient (Wildman–Crippen LogP) is 3.91. The number of carbonyl (C=O) groups excluding carboxylic acids is 1. The monoisotopic (exact) mass is 307 g/mol. The number of hydrogen-bond acceptors (Lipinski definition) is 2. The number of carbonyl (C=O) groups is 1. The lowest BCUT2D eigenvalue weighted by Crippen LogP contribution is -2.05. The fourth-order valence-electron chi connectivity index (χ4n) is 1.61. The number of halogens is 6. The quantitative estimate of drug-likeness (QED) is 0.364. The standard InChI is InChI=1S/C12H3ClF5NO/c13-6-2-19-1-4(5(6)3-20)7-8(14)10(16)12(18)11(17)9(7)15/h1-3H. The van der Waals surface area contributed by atoms with Crippen molar-refractivity contribution in [2.24, 2.45) is 0 Å². The highest BCUT2D eigenvalue weighted by molar-refractivity contribution is 6.33. The fraction of sp³-hybridized carbons (Fsp3) is 0. The summed E-state index contributed by atoms with van der Waals surface area (Å²) in [6, 6.07) is 0. The van der Waals surface area contributed by atoms with E-state index in [1.54, 1.807) is 0 Å². The largest absolute Gasteiger partial charge is 0.298 e. The Morgan fingerprint density at radius 1 is 0.900 bits per heavy atom. The van der Waals surface area contributed by atoms with Crippen LogP contribution in [0.15, 0.2) is 12.4 Å². The molecule has 0 aliphatic carbocycles. The highest BCUT2D eigenvalue weighted by Gasteiger charge is 2.28. The lowest BCUT2D eigenvalue weighted by molar-refractivity contribution is 0.112. The van der Waals surface area contributed by atoms with Crippen molar-refractivity contribution in [3.05, 3.63) is 52.1 Å². The number of aromatic nitrogens is 1. The molecule has 0 unspecified atom stereocenters. The van der Waals surface area contributed by atoms with Gasteiger partial charge in [0, 0.05) is 23.5 Å². The Kier molecular flexibility index (Phi) is 3.71. The van der Waals surface area contributed by atoms with Crippen molar-refractivity contribution >= 4 is 17.9 Å². The number of rotatable bonds is 2. The van der Waals surface area contributed by atoms with E-state index in [2.05, 4.69) is 4.98 Å². The summed E-state index contributed by atoms with van der Waals surface area (Å²) in [5, 5.41) is -0.276. The molecule has 0 fully saturated rings. The molecular weight excluding hydrogens is 305 g/mol. The molecule has 0 bridgehead atoms. The van der Waals surface area contributed by atoms with Gasteiger partial charge in [0.1, 0.15) is 0 Å². The van der Waals surface area contributed by atoms with Crippen LogP contribution in [0, 0.1) is 29.1 Å². The zero-order chi connectivity index (χ0) is 15.0. The SMILES string of the molecule is O=Cc1c(Cl)cncc1-c1c(F)c(F)c(F)c(F)c1F. The number of nitrogens with zero attached hydrogens (tertiary/aromatic N) is 1. The number of pyridine rings is 1. The third kappa shape index (κ3) is 2.03. The van der Waals surface area contributed by atoms with Crippen LogP contribution < -0.4 is 0 Å². The minimum atomic E-state index is -2.29. The van der Waals surface area contributed by atoms with Gasteiger partial charge >= 0.3 is 0 Å². The second-order valence-corrected chi connectivity index (χ2v) is 4.05. The molecule has 0 spiro atoms. The van der Waals surface area contributed by atoms with Crippen LogP contribution in [0.25, 0.3) is 11.1 Å². The maximum absolute atomic E-state index is 13.6. The van der Waals surface area contributed by atoms with Crippen molar-refractivity contribution in [3.8, 4) is 11.1 Å². The fourth-order valence-corrected chi connectivity index (χ4v) is 1.81. The van der Waals surface area contributed by atoms with E-state index in [1.165, 1.54) is 0 Å². The Bertz CT molecular complexity index is 690. The third-order valence-electron chi connectivity index (χ3n) is 2.54. The van der Waals surface area contributed by atoms with Crippen LogP contribution in [0.2, 0.25) is 5.02 Å². The van der Waals surface area contributed by atoms with E-state index in [9.17, 15) is 26.7 Å². The van der Waals surface area contributed by atoms with Crippen LogP contribution in [0.4, 0.5) is 22.0 Å². The van der Waals surface area contributed by atoms with Gasteiger partial charge in [0.15, 0.2) is 29.6 Å². The molecule has 1 aromatic carbocycles. The molecule has 2 rings (SSSR count). The average Bonchev–Trinajstić information content (AvgIpc) is 2.43. The van der Waals surface area contributed by atoms with Gasteiger partial charge in [-0.2, -0.15) is 0 Å². The maximum Gasteiger partial charge on any atom is 0.200 e. The Hall–Kier alpha value is -2.02. The Labute approximate surface area is 113 Å². The van der Waals surface area contributed by atoms with Crippen LogP contribution in [0.3, 0.4) is 0 Å². The molecule has 8 heteroatoms. The van der Waals surface area contributed by atoms with Crippen molar-refractivity contribution in [1.29, 1.82) is 0 Å². The molecule has 0 radical (unpaired) electrons. The second kappa shape index (κ2) is 5.16. The lowest BCUT2D eigenvalue weighted by Gasteiger charge is -2.10. The first-order valence-electron chi connectivity index (χ1n) is 5.00. The van der Waals surface area contributed by atoms with Gasteiger partial charge in [0.2, 0.25) is 5.82 Å². The molecule has 20 heavy (non-hydrogen) atoms. The smallest absolute Gasteiger partial charge is 0.200 e. The summed E-state index contributed by atoms with van der Waals surface area (Å²) in [6.45, 7) is 0. The third-order valence-corrected chi connectivity index (χ3v) is 2.84. The van der Waals surface area contributed by atoms with Gasteiger partial charge in [-0.25, -0.2) is 22.0 Å². The van der Waals surface area contributed by atoms with E-state index in [1.807, 2.05) is 0 Å². The summed E-state index contributed by atoms with van der Waals surface area (Å²) in [7, 11) is 0. The van der Waals surface area contributed by atoms with Crippen LogP contribution in [-0.4, -0.2) is 11.3 Å². The van der Waals surface area contributed by atoms with Crippen molar-refractivity contribution in [2.45, 2.75) is 0 Å². The first kappa shape index (κ1) is 14.4. The molecular formula is C12H3ClF5NO. The van der Waals surface area contributed by atoms with E-state index in [4.69, 9.17) is 11.6 Å². The van der Waals surface area contributed by atoms with Gasteiger partial charge in [0.25, 0.3) is 0 Å². The second-order valence-electron chi connectivity index (χ2n) is 3.65. The highest BCUT2D eigenvalue weighted by Crippen LogP contribution is 2.34. The van der Waals surface area contributed by atoms with Crippen LogP contribution >= 0.6 is 11.6 Å². The van der Waals surface area contributed by atoms with Crippen LogP contribution in [-0.2, 0) is 0 Å². The molecule has 1 aromatic heterocycles. The Morgan fingerprint density at radius 3 is 1.90 bits per heavy atom. The van der Waals surface area contributed by atoms with Crippen molar-refractivity contribution < 1.29 is 26.7 Å². The molecule has 2 nitrogen and oxygen atoms in total. The topological polar surface area (TPSA) is 30.0 Å². The minimum Gasteiger partial charge on any atom is -0.298 e. The zero-order valence-corrected chi connectivity index (χ0v) is 10.1. The van der Waals surface area contributed by atoms with Gasteiger partial charge in [-0.15, -0.1) is 0 Å². The van der Waals surface area contributed by atoms with Crippen LogP contribution in [0.1, 0.15) is 10.4 Å². The molecule has 104 valence electrons. The molecule has 0 atom stereocenters. The highest BCUT2D eigenvalue weighted by atomic mass is 35.5. The van der Waals surface area contributed by atoms with E-state index in [0.29, 0.717) is 0 Å². The molecule has 0 N–H and O–H groups in total. The molecule has 0 amide bonds. The average molecular weight is 308 g/mol. The van der Waals surface area contributed by atoms with Gasteiger partial charge in [-0.05, 0) is 0 Å². The van der Waals surface area contributed by atoms with Gasteiger partial charge in [-0.3, -0.25) is 9.78 Å². The number of benzene rings is 1. The molecule has 0 saturated heterocycles. The summed E-state index contributed by atoms with van der Waals surface area (Å²) >= 11 is 5.59. The molecule has 0 saturated carbocycles. The molecule has 0 aliphatic heterocycles. The summed E-state index contributed by atoms with van der Waals surface area (Å²) in [5.41, 5.74) is -2.26. The zero-order valence-electron chi connectivity index (χ0n) is 9.36. The first-order valence-corrected chi connectivity index (χ1v) is 5.38. The van der Waals surface area contributed by atoms with Crippen molar-refractivity contribution in [3.63, 3.8) is 0 Å². The van der Waals surface area contributed by atoms with E-state index in [0.717, 1.165) is 12.4 Å². The first-order chi connectivity index (χ1) is 9.40. The van der Waals surface area contributed by atoms with Gasteiger partial charge in [-0.1, -0.05) is 11.6 Å². The van der Waals surface area contributed by atoms with Crippen molar-refractivity contribution in [2.75, 3.05) is 0 Å². The Balaban J connectivity index is 2.91. The summed E-state index contributed by atoms with van der Waals surface area (Å²) in [4.78, 5) is 14.3. The van der Waals surface area contributed by atoms with Crippen molar-refractivity contribution in [1.82, 2.24) is 4.98 Å². The summed E-state index contributed by atoms with van der Waals surface area (Å²) < 4.78 is 66.4. The molecule has 1 heterocycles. The normalized spacial score (nSPS) is 10.7. The molecule has 0 aliphatic rings. The number of hydrogen-bond donors (Lipinski definition) is 0. The minimum absolute atomic E-state index is 0.136. The van der Waals surface area contributed by atoms with Crippen LogP contribution in [0.5, 0.6) is 0 Å². The van der Waals surface area contributed by atoms with E-state index >= 15 is 0 Å². The summed E-state index contributed by atoms with van der Waals surface area (Å²) in [5.74, 6) is -10.6. The maximum atomic E-state index is 13.6. The molecule has 2 aromatic rings. The van der Waals surface area contributed by atoms with Gasteiger partial charge < -0.3 is 0 Å².